The molecule has 0 bridgehead atoms. The van der Waals surface area contributed by atoms with Crippen LogP contribution in [0, 0.1) is 13.8 Å². The average molecular weight is 375 g/mol. The summed E-state index contributed by atoms with van der Waals surface area (Å²) in [6.45, 7) is 3.96. The highest BCUT2D eigenvalue weighted by atomic mass is 35.5. The van der Waals surface area contributed by atoms with Gasteiger partial charge in [-0.15, -0.1) is 12.4 Å². The van der Waals surface area contributed by atoms with Crippen LogP contribution in [0.1, 0.15) is 23.0 Å². The van der Waals surface area contributed by atoms with Crippen molar-refractivity contribution in [3.8, 4) is 5.69 Å². The molecule has 1 unspecified atom stereocenters. The fourth-order valence-electron chi connectivity index (χ4n) is 2.86. The van der Waals surface area contributed by atoms with Crippen molar-refractivity contribution in [2.24, 2.45) is 7.05 Å². The summed E-state index contributed by atoms with van der Waals surface area (Å²) in [6, 6.07) is 9.19. The van der Waals surface area contributed by atoms with Crippen molar-refractivity contribution < 1.29 is 4.79 Å². The molecule has 0 aliphatic rings. The molecule has 0 aliphatic carbocycles. The predicted molar refractivity (Wildman–Crippen MR) is 104 cm³/mol. The number of benzene rings is 1. The molecule has 1 amide bonds. The van der Waals surface area contributed by atoms with E-state index < -0.39 is 6.04 Å². The van der Waals surface area contributed by atoms with Crippen LogP contribution in [0.4, 0.5) is 5.69 Å². The Hall–Kier alpha value is -2.64. The highest BCUT2D eigenvalue weighted by molar-refractivity contribution is 5.95. The van der Waals surface area contributed by atoms with E-state index in [1.54, 1.807) is 17.9 Å². The summed E-state index contributed by atoms with van der Waals surface area (Å²) in [5.41, 5.74) is 4.45. The van der Waals surface area contributed by atoms with E-state index in [1.807, 2.05) is 62.1 Å². The summed E-state index contributed by atoms with van der Waals surface area (Å²) < 4.78 is 3.54. The zero-order chi connectivity index (χ0) is 18.0. The number of halogens is 1. The monoisotopic (exact) mass is 374 g/mol. The van der Waals surface area contributed by atoms with Crippen molar-refractivity contribution in [2.75, 3.05) is 12.4 Å². The van der Waals surface area contributed by atoms with Gasteiger partial charge < -0.3 is 10.6 Å². The van der Waals surface area contributed by atoms with E-state index in [0.29, 0.717) is 0 Å². The summed E-state index contributed by atoms with van der Waals surface area (Å²) >= 11 is 0. The zero-order valence-corrected chi connectivity index (χ0v) is 16.0. The molecule has 26 heavy (non-hydrogen) atoms. The van der Waals surface area contributed by atoms with Crippen LogP contribution in [-0.2, 0) is 11.8 Å². The lowest BCUT2D eigenvalue weighted by molar-refractivity contribution is -0.118. The molecule has 1 atom stereocenters. The number of carbonyl (C=O) groups excluding carboxylic acids is 1. The van der Waals surface area contributed by atoms with E-state index in [2.05, 4.69) is 20.8 Å². The number of rotatable bonds is 5. The number of nitrogens with zero attached hydrogens (tertiary/aromatic N) is 4. The number of nitrogens with one attached hydrogen (secondary N) is 2. The number of hydrogen-bond donors (Lipinski definition) is 2. The maximum atomic E-state index is 12.6. The van der Waals surface area contributed by atoms with Gasteiger partial charge in [-0.05, 0) is 45.2 Å². The number of aryl methyl sites for hydroxylation is 3. The molecule has 0 spiro atoms. The summed E-state index contributed by atoms with van der Waals surface area (Å²) in [5.74, 6) is -0.138. The first-order valence-corrected chi connectivity index (χ1v) is 8.08. The molecule has 0 aliphatic heterocycles. The van der Waals surface area contributed by atoms with Crippen LogP contribution in [0.3, 0.4) is 0 Å². The second-order valence-electron chi connectivity index (χ2n) is 6.05. The van der Waals surface area contributed by atoms with Gasteiger partial charge in [-0.2, -0.15) is 10.2 Å². The Morgan fingerprint density at radius 2 is 2.00 bits per heavy atom. The lowest BCUT2D eigenvalue weighted by atomic mass is 10.1. The van der Waals surface area contributed by atoms with E-state index in [4.69, 9.17) is 0 Å². The van der Waals surface area contributed by atoms with Crippen LogP contribution < -0.4 is 10.6 Å². The number of carbonyl (C=O) groups is 1. The third-order valence-corrected chi connectivity index (χ3v) is 3.98. The fourth-order valence-corrected chi connectivity index (χ4v) is 2.86. The Balaban J connectivity index is 0.00000243. The van der Waals surface area contributed by atoms with Gasteiger partial charge >= 0.3 is 0 Å². The smallest absolute Gasteiger partial charge is 0.246 e. The van der Waals surface area contributed by atoms with E-state index in [1.165, 1.54) is 0 Å². The fraction of sp³-hybridized carbons (Fsp3) is 0.278. The quantitative estimate of drug-likeness (QED) is 0.719. The standard InChI is InChI=1S/C18H22N6O.ClH/c1-12-8-13(2)24(22-12)16-7-5-6-15(9-16)21-18(25)17(19-3)14-10-20-23(4)11-14;/h5-11,17,19H,1-4H3,(H,21,25);1H. The van der Waals surface area contributed by atoms with Crippen LogP contribution in [-0.4, -0.2) is 32.5 Å². The van der Waals surface area contributed by atoms with Gasteiger partial charge in [0.25, 0.3) is 0 Å². The third kappa shape index (κ3) is 4.12. The van der Waals surface area contributed by atoms with Crippen molar-refractivity contribution in [1.82, 2.24) is 24.9 Å². The summed E-state index contributed by atoms with van der Waals surface area (Å²) in [5, 5.41) is 14.6. The minimum atomic E-state index is -0.467. The minimum Gasteiger partial charge on any atom is -0.324 e. The van der Waals surface area contributed by atoms with E-state index >= 15 is 0 Å². The second kappa shape index (κ2) is 8.16. The van der Waals surface area contributed by atoms with Gasteiger partial charge in [0.15, 0.2) is 0 Å². The van der Waals surface area contributed by atoms with Crippen LogP contribution in [0.2, 0.25) is 0 Å². The molecule has 2 N–H and O–H groups in total. The Labute approximate surface area is 158 Å². The first-order chi connectivity index (χ1) is 12.0. The molecule has 7 nitrogen and oxygen atoms in total. The maximum absolute atomic E-state index is 12.6. The number of likely N-dealkylation sites (N-methyl/N-ethyl adjacent to an activating group) is 1. The van der Waals surface area contributed by atoms with Crippen LogP contribution >= 0.6 is 12.4 Å². The van der Waals surface area contributed by atoms with Crippen molar-refractivity contribution >= 4 is 24.0 Å². The normalized spacial score (nSPS) is 11.7. The Morgan fingerprint density at radius 1 is 1.23 bits per heavy atom. The lowest BCUT2D eigenvalue weighted by Gasteiger charge is -2.15. The van der Waals surface area contributed by atoms with Crippen molar-refractivity contribution in [2.45, 2.75) is 19.9 Å². The second-order valence-corrected chi connectivity index (χ2v) is 6.05. The molecule has 1 aromatic carbocycles. The topological polar surface area (TPSA) is 76.8 Å². The average Bonchev–Trinajstić information content (AvgIpc) is 3.13. The molecule has 3 aromatic rings. The van der Waals surface area contributed by atoms with Crippen molar-refractivity contribution in [1.29, 1.82) is 0 Å². The predicted octanol–water partition coefficient (Wildman–Crippen LogP) is 2.54. The SMILES string of the molecule is CNC(C(=O)Nc1cccc(-n2nc(C)cc2C)c1)c1cnn(C)c1.Cl. The molecule has 3 rings (SSSR count). The molecule has 2 heterocycles. The summed E-state index contributed by atoms with van der Waals surface area (Å²) in [7, 11) is 3.58. The number of amides is 1. The molecular weight excluding hydrogens is 352 g/mol. The number of aromatic nitrogens is 4. The highest BCUT2D eigenvalue weighted by Gasteiger charge is 2.20. The Kier molecular flexibility index (Phi) is 6.18. The molecule has 138 valence electrons. The highest BCUT2D eigenvalue weighted by Crippen LogP contribution is 2.19. The first kappa shape index (κ1) is 19.7. The molecule has 0 saturated heterocycles. The van der Waals surface area contributed by atoms with Gasteiger partial charge in [0.05, 0.1) is 17.6 Å². The van der Waals surface area contributed by atoms with Gasteiger partial charge in [-0.1, -0.05) is 6.07 Å². The van der Waals surface area contributed by atoms with Gasteiger partial charge in [0.1, 0.15) is 6.04 Å². The Morgan fingerprint density at radius 3 is 2.58 bits per heavy atom. The lowest BCUT2D eigenvalue weighted by Crippen LogP contribution is -2.30. The van der Waals surface area contributed by atoms with Crippen molar-refractivity contribution in [3.05, 3.63) is 59.7 Å². The maximum Gasteiger partial charge on any atom is 0.246 e. The van der Waals surface area contributed by atoms with Gasteiger partial charge in [-0.3, -0.25) is 9.48 Å². The zero-order valence-electron chi connectivity index (χ0n) is 15.2. The van der Waals surface area contributed by atoms with Gasteiger partial charge in [-0.25, -0.2) is 4.68 Å². The minimum absolute atomic E-state index is 0. The first-order valence-electron chi connectivity index (χ1n) is 8.08. The Bertz CT molecular complexity index is 901. The van der Waals surface area contributed by atoms with Gasteiger partial charge in [0, 0.05) is 30.2 Å². The molecule has 0 saturated carbocycles. The molecular formula is C18H23ClN6O. The molecule has 2 aromatic heterocycles. The van der Waals surface area contributed by atoms with E-state index in [-0.39, 0.29) is 18.3 Å². The number of anilines is 1. The van der Waals surface area contributed by atoms with E-state index in [9.17, 15) is 4.79 Å². The van der Waals surface area contributed by atoms with Crippen LogP contribution in [0.5, 0.6) is 0 Å². The largest absolute Gasteiger partial charge is 0.324 e. The summed E-state index contributed by atoms with van der Waals surface area (Å²) in [4.78, 5) is 12.6. The number of hydrogen-bond acceptors (Lipinski definition) is 4. The van der Waals surface area contributed by atoms with Crippen LogP contribution in [0.15, 0.2) is 42.7 Å². The van der Waals surface area contributed by atoms with E-state index in [0.717, 1.165) is 28.3 Å². The molecule has 0 radical (unpaired) electrons. The third-order valence-electron chi connectivity index (χ3n) is 3.98. The van der Waals surface area contributed by atoms with Gasteiger partial charge in [0.2, 0.25) is 5.91 Å². The molecule has 0 fully saturated rings. The molecule has 8 heteroatoms. The summed E-state index contributed by atoms with van der Waals surface area (Å²) in [6.07, 6.45) is 3.51. The van der Waals surface area contributed by atoms with Crippen LogP contribution in [0.25, 0.3) is 5.69 Å². The van der Waals surface area contributed by atoms with Crippen molar-refractivity contribution in [3.63, 3.8) is 0 Å².